The van der Waals surface area contributed by atoms with Gasteiger partial charge in [-0.3, -0.25) is 14.5 Å². The van der Waals surface area contributed by atoms with Crippen molar-refractivity contribution in [3.05, 3.63) is 24.3 Å². The molecule has 0 saturated carbocycles. The second kappa shape index (κ2) is 6.28. The van der Waals surface area contributed by atoms with Crippen LogP contribution in [0.25, 0.3) is 0 Å². The van der Waals surface area contributed by atoms with Crippen molar-refractivity contribution in [1.82, 2.24) is 10.2 Å². The van der Waals surface area contributed by atoms with Crippen LogP contribution in [-0.2, 0) is 9.59 Å². The van der Waals surface area contributed by atoms with Crippen LogP contribution in [0, 0.1) is 0 Å². The largest absolute Gasteiger partial charge is 0.374 e. The molecule has 1 aromatic rings. The number of anilines is 2. The molecule has 0 bridgehead atoms. The van der Waals surface area contributed by atoms with Gasteiger partial charge >= 0.3 is 6.03 Å². The second-order valence-electron chi connectivity index (χ2n) is 5.78. The van der Waals surface area contributed by atoms with E-state index in [0.717, 1.165) is 24.3 Å². The first-order chi connectivity index (χ1) is 11.1. The Morgan fingerprint density at radius 2 is 1.96 bits per heavy atom. The number of carbonyl (C=O) groups is 3. The molecule has 0 aliphatic carbocycles. The van der Waals surface area contributed by atoms with Gasteiger partial charge in [-0.1, -0.05) is 0 Å². The SMILES string of the molecule is C[C@H](Nc1ccc(N2CCCC2=O)cc1)C(=O)N1CCNC1=O. The van der Waals surface area contributed by atoms with E-state index in [-0.39, 0.29) is 17.8 Å². The van der Waals surface area contributed by atoms with Crippen molar-refractivity contribution < 1.29 is 14.4 Å². The monoisotopic (exact) mass is 316 g/mol. The molecule has 2 N–H and O–H groups in total. The molecule has 0 aromatic heterocycles. The topological polar surface area (TPSA) is 81.8 Å². The molecule has 4 amide bonds. The Morgan fingerprint density at radius 3 is 2.52 bits per heavy atom. The summed E-state index contributed by atoms with van der Waals surface area (Å²) in [5.74, 6) is -0.104. The van der Waals surface area contributed by atoms with Crippen LogP contribution >= 0.6 is 0 Å². The number of rotatable bonds is 4. The fourth-order valence-corrected chi connectivity index (χ4v) is 2.89. The normalized spacial score (nSPS) is 19.0. The lowest BCUT2D eigenvalue weighted by molar-refractivity contribution is -0.128. The molecule has 0 spiro atoms. The van der Waals surface area contributed by atoms with Crippen molar-refractivity contribution >= 4 is 29.2 Å². The molecule has 2 saturated heterocycles. The number of hydrogen-bond donors (Lipinski definition) is 2. The summed E-state index contributed by atoms with van der Waals surface area (Å²) in [5.41, 5.74) is 1.65. The number of nitrogens with zero attached hydrogens (tertiary/aromatic N) is 2. The molecular weight excluding hydrogens is 296 g/mol. The van der Waals surface area contributed by atoms with E-state index in [9.17, 15) is 14.4 Å². The molecule has 122 valence electrons. The number of imide groups is 1. The molecule has 23 heavy (non-hydrogen) atoms. The number of hydrogen-bond acceptors (Lipinski definition) is 4. The summed E-state index contributed by atoms with van der Waals surface area (Å²) in [6, 6.07) is 6.57. The second-order valence-corrected chi connectivity index (χ2v) is 5.78. The van der Waals surface area contributed by atoms with Crippen molar-refractivity contribution in [3.8, 4) is 0 Å². The maximum absolute atomic E-state index is 12.2. The third-order valence-electron chi connectivity index (χ3n) is 4.13. The Hall–Kier alpha value is -2.57. The van der Waals surface area contributed by atoms with Crippen LogP contribution in [0.3, 0.4) is 0 Å². The van der Waals surface area contributed by atoms with E-state index < -0.39 is 6.04 Å². The Bertz CT molecular complexity index is 629. The van der Waals surface area contributed by atoms with Crippen LogP contribution in [0.2, 0.25) is 0 Å². The van der Waals surface area contributed by atoms with Crippen molar-refractivity contribution in [2.75, 3.05) is 29.9 Å². The fourth-order valence-electron chi connectivity index (χ4n) is 2.89. The van der Waals surface area contributed by atoms with E-state index in [1.54, 1.807) is 11.8 Å². The quantitative estimate of drug-likeness (QED) is 0.873. The highest BCUT2D eigenvalue weighted by Gasteiger charge is 2.29. The highest BCUT2D eigenvalue weighted by atomic mass is 16.2. The van der Waals surface area contributed by atoms with Gasteiger partial charge in [-0.15, -0.1) is 0 Å². The minimum absolute atomic E-state index is 0.148. The van der Waals surface area contributed by atoms with Gasteiger partial charge in [0.25, 0.3) is 5.91 Å². The van der Waals surface area contributed by atoms with Gasteiger partial charge in [0.05, 0.1) is 0 Å². The summed E-state index contributed by atoms with van der Waals surface area (Å²) < 4.78 is 0. The highest BCUT2D eigenvalue weighted by Crippen LogP contribution is 2.23. The molecule has 1 aromatic carbocycles. The zero-order valence-electron chi connectivity index (χ0n) is 13.0. The first kappa shape index (κ1) is 15.3. The Kier molecular flexibility index (Phi) is 4.18. The van der Waals surface area contributed by atoms with E-state index in [1.807, 2.05) is 24.3 Å². The lowest BCUT2D eigenvalue weighted by Crippen LogP contribution is -2.43. The molecule has 7 heteroatoms. The van der Waals surface area contributed by atoms with E-state index in [4.69, 9.17) is 0 Å². The summed E-state index contributed by atoms with van der Waals surface area (Å²) in [4.78, 5) is 38.5. The van der Waals surface area contributed by atoms with E-state index >= 15 is 0 Å². The van der Waals surface area contributed by atoms with E-state index in [2.05, 4.69) is 10.6 Å². The van der Waals surface area contributed by atoms with Gasteiger partial charge in [0.15, 0.2) is 0 Å². The minimum Gasteiger partial charge on any atom is -0.374 e. The molecule has 0 radical (unpaired) electrons. The summed E-state index contributed by atoms with van der Waals surface area (Å²) in [6.07, 6.45) is 1.49. The lowest BCUT2D eigenvalue weighted by Gasteiger charge is -2.20. The maximum Gasteiger partial charge on any atom is 0.324 e. The maximum atomic E-state index is 12.2. The highest BCUT2D eigenvalue weighted by molar-refractivity contribution is 5.99. The van der Waals surface area contributed by atoms with Gasteiger partial charge in [-0.25, -0.2) is 4.79 Å². The number of benzene rings is 1. The Labute approximate surface area is 134 Å². The summed E-state index contributed by atoms with van der Waals surface area (Å²) in [6.45, 7) is 3.38. The summed E-state index contributed by atoms with van der Waals surface area (Å²) >= 11 is 0. The lowest BCUT2D eigenvalue weighted by atomic mass is 10.2. The smallest absolute Gasteiger partial charge is 0.324 e. The average Bonchev–Trinajstić information content (AvgIpc) is 3.16. The van der Waals surface area contributed by atoms with Gasteiger partial charge in [0.1, 0.15) is 6.04 Å². The number of urea groups is 1. The summed E-state index contributed by atoms with van der Waals surface area (Å²) in [5, 5.41) is 5.71. The van der Waals surface area contributed by atoms with Crippen molar-refractivity contribution in [1.29, 1.82) is 0 Å². The number of amides is 4. The molecule has 3 rings (SSSR count). The van der Waals surface area contributed by atoms with Crippen LogP contribution in [0.15, 0.2) is 24.3 Å². The van der Waals surface area contributed by atoms with Crippen LogP contribution in [-0.4, -0.2) is 48.4 Å². The van der Waals surface area contributed by atoms with Gasteiger partial charge in [0, 0.05) is 37.4 Å². The first-order valence-corrected chi connectivity index (χ1v) is 7.82. The Morgan fingerprint density at radius 1 is 1.22 bits per heavy atom. The zero-order chi connectivity index (χ0) is 16.4. The average molecular weight is 316 g/mol. The van der Waals surface area contributed by atoms with Gasteiger partial charge in [0.2, 0.25) is 5.91 Å². The van der Waals surface area contributed by atoms with Gasteiger partial charge in [-0.2, -0.15) is 0 Å². The standard InChI is InChI=1S/C16H20N4O3/c1-11(15(22)20-10-8-17-16(20)23)18-12-4-6-13(7-5-12)19-9-2-3-14(19)21/h4-7,11,18H,2-3,8-10H2,1H3,(H,17,23)/t11-/m0/s1. The third kappa shape index (κ3) is 3.13. The fraction of sp³-hybridized carbons (Fsp3) is 0.438. The molecule has 7 nitrogen and oxygen atoms in total. The molecular formula is C16H20N4O3. The zero-order valence-corrected chi connectivity index (χ0v) is 13.0. The molecule has 2 aliphatic heterocycles. The Balaban J connectivity index is 1.62. The molecule has 2 fully saturated rings. The number of carbonyl (C=O) groups excluding carboxylic acids is 3. The molecule has 1 atom stereocenters. The van der Waals surface area contributed by atoms with Crippen LogP contribution in [0.5, 0.6) is 0 Å². The molecule has 0 unspecified atom stereocenters. The van der Waals surface area contributed by atoms with Crippen LogP contribution in [0.4, 0.5) is 16.2 Å². The van der Waals surface area contributed by atoms with Crippen LogP contribution < -0.4 is 15.5 Å². The molecule has 2 heterocycles. The van der Waals surface area contributed by atoms with Crippen LogP contribution in [0.1, 0.15) is 19.8 Å². The van der Waals surface area contributed by atoms with Crippen molar-refractivity contribution in [2.24, 2.45) is 0 Å². The van der Waals surface area contributed by atoms with Crippen molar-refractivity contribution in [3.63, 3.8) is 0 Å². The summed E-state index contributed by atoms with van der Waals surface area (Å²) in [7, 11) is 0. The van der Waals surface area contributed by atoms with Gasteiger partial charge in [-0.05, 0) is 37.6 Å². The first-order valence-electron chi connectivity index (χ1n) is 7.82. The minimum atomic E-state index is -0.502. The van der Waals surface area contributed by atoms with Crippen molar-refractivity contribution in [2.45, 2.75) is 25.8 Å². The third-order valence-corrected chi connectivity index (χ3v) is 4.13. The predicted molar refractivity (Wildman–Crippen MR) is 86.2 cm³/mol. The number of nitrogens with one attached hydrogen (secondary N) is 2. The van der Waals surface area contributed by atoms with E-state index in [1.165, 1.54) is 4.90 Å². The molecule has 2 aliphatic rings. The predicted octanol–water partition coefficient (Wildman–Crippen LogP) is 1.17. The van der Waals surface area contributed by atoms with E-state index in [0.29, 0.717) is 19.5 Å². The van der Waals surface area contributed by atoms with Gasteiger partial charge < -0.3 is 15.5 Å².